The lowest BCUT2D eigenvalue weighted by Crippen LogP contribution is -2.54. The van der Waals surface area contributed by atoms with E-state index in [1.165, 1.54) is 17.7 Å². The van der Waals surface area contributed by atoms with Gasteiger partial charge in [0.05, 0.1) is 12.3 Å². The quantitative estimate of drug-likeness (QED) is 0.455. The van der Waals surface area contributed by atoms with Gasteiger partial charge in [0, 0.05) is 18.8 Å². The number of benzene rings is 2. The summed E-state index contributed by atoms with van der Waals surface area (Å²) in [6.07, 6.45) is 4.03. The Morgan fingerprint density at radius 2 is 1.63 bits per heavy atom. The molecule has 0 aromatic heterocycles. The van der Waals surface area contributed by atoms with Gasteiger partial charge in [-0.3, -0.25) is 19.8 Å². The first-order valence-electron chi connectivity index (χ1n) is 10.1. The highest BCUT2D eigenvalue weighted by atomic mass is 32.1. The van der Waals surface area contributed by atoms with Crippen LogP contribution >= 0.6 is 12.2 Å². The standard InChI is InChI=1S/C23H23N3O3S/c1-2-29-19-11-9-18(10-12-19)26-22(28)20(21(27)24-23(26)30)15-16-5-7-17(8-6-16)25-13-3-4-14-25/h5-12,15H,2-4,13-14H2,1H3,(H,24,27,30)/b20-15+. The minimum absolute atomic E-state index is 0.0476. The maximum absolute atomic E-state index is 13.1. The van der Waals surface area contributed by atoms with Crippen LogP contribution in [-0.2, 0) is 9.59 Å². The molecule has 0 saturated carbocycles. The monoisotopic (exact) mass is 421 g/mol. The molecule has 2 heterocycles. The minimum Gasteiger partial charge on any atom is -0.494 e. The summed E-state index contributed by atoms with van der Waals surface area (Å²) in [4.78, 5) is 29.2. The minimum atomic E-state index is -0.490. The molecule has 154 valence electrons. The van der Waals surface area contributed by atoms with Gasteiger partial charge in [0.25, 0.3) is 11.8 Å². The lowest BCUT2D eigenvalue weighted by molar-refractivity contribution is -0.122. The second kappa shape index (κ2) is 8.67. The van der Waals surface area contributed by atoms with Crippen molar-refractivity contribution in [1.29, 1.82) is 0 Å². The van der Waals surface area contributed by atoms with Crippen LogP contribution in [0.5, 0.6) is 5.75 Å². The Morgan fingerprint density at radius 1 is 1.00 bits per heavy atom. The number of carbonyl (C=O) groups is 2. The van der Waals surface area contributed by atoms with E-state index in [2.05, 4.69) is 10.2 Å². The predicted octanol–water partition coefficient (Wildman–Crippen LogP) is 3.52. The van der Waals surface area contributed by atoms with Crippen molar-refractivity contribution >= 4 is 46.6 Å². The van der Waals surface area contributed by atoms with Gasteiger partial charge in [0.1, 0.15) is 11.3 Å². The van der Waals surface area contributed by atoms with E-state index >= 15 is 0 Å². The van der Waals surface area contributed by atoms with Gasteiger partial charge in [0.15, 0.2) is 5.11 Å². The third-order valence-electron chi connectivity index (χ3n) is 5.18. The number of nitrogens with one attached hydrogen (secondary N) is 1. The summed E-state index contributed by atoms with van der Waals surface area (Å²) in [6, 6.07) is 14.9. The highest BCUT2D eigenvalue weighted by Gasteiger charge is 2.34. The van der Waals surface area contributed by atoms with E-state index in [9.17, 15) is 9.59 Å². The molecular weight excluding hydrogens is 398 g/mol. The third-order valence-corrected chi connectivity index (χ3v) is 5.47. The number of hydrogen-bond donors (Lipinski definition) is 1. The van der Waals surface area contributed by atoms with Crippen LogP contribution in [0.15, 0.2) is 54.1 Å². The molecule has 0 radical (unpaired) electrons. The number of thiocarbonyl (C=S) groups is 1. The first-order chi connectivity index (χ1) is 14.6. The summed E-state index contributed by atoms with van der Waals surface area (Å²) in [7, 11) is 0. The van der Waals surface area contributed by atoms with Gasteiger partial charge >= 0.3 is 0 Å². The van der Waals surface area contributed by atoms with Crippen molar-refractivity contribution in [1.82, 2.24) is 5.32 Å². The molecule has 0 spiro atoms. The van der Waals surface area contributed by atoms with E-state index < -0.39 is 11.8 Å². The fraction of sp³-hybridized carbons (Fsp3) is 0.261. The van der Waals surface area contributed by atoms with Crippen LogP contribution in [0.4, 0.5) is 11.4 Å². The molecule has 7 heteroatoms. The van der Waals surface area contributed by atoms with Crippen LogP contribution in [0.25, 0.3) is 6.08 Å². The average molecular weight is 422 g/mol. The molecule has 2 aromatic carbocycles. The van der Waals surface area contributed by atoms with Gasteiger partial charge in [-0.15, -0.1) is 0 Å². The molecule has 0 atom stereocenters. The zero-order chi connectivity index (χ0) is 21.1. The van der Waals surface area contributed by atoms with Crippen molar-refractivity contribution in [2.24, 2.45) is 0 Å². The molecule has 2 saturated heterocycles. The molecule has 2 aromatic rings. The number of hydrogen-bond acceptors (Lipinski definition) is 5. The molecule has 6 nitrogen and oxygen atoms in total. The van der Waals surface area contributed by atoms with E-state index in [1.807, 2.05) is 31.2 Å². The average Bonchev–Trinajstić information content (AvgIpc) is 3.28. The molecule has 2 aliphatic heterocycles. The van der Waals surface area contributed by atoms with Crippen LogP contribution in [0, 0.1) is 0 Å². The van der Waals surface area contributed by atoms with Gasteiger partial charge in [-0.1, -0.05) is 12.1 Å². The fourth-order valence-electron chi connectivity index (χ4n) is 3.67. The largest absolute Gasteiger partial charge is 0.494 e. The molecule has 2 aliphatic rings. The number of nitrogens with zero attached hydrogens (tertiary/aromatic N) is 2. The second-order valence-electron chi connectivity index (χ2n) is 7.17. The van der Waals surface area contributed by atoms with E-state index in [4.69, 9.17) is 17.0 Å². The lowest BCUT2D eigenvalue weighted by Gasteiger charge is -2.29. The van der Waals surface area contributed by atoms with Crippen molar-refractivity contribution in [3.8, 4) is 5.75 Å². The van der Waals surface area contributed by atoms with Gasteiger partial charge in [0.2, 0.25) is 0 Å². The summed E-state index contributed by atoms with van der Waals surface area (Å²) in [5, 5.41) is 2.68. The fourth-order valence-corrected chi connectivity index (χ4v) is 3.95. The van der Waals surface area contributed by atoms with Crippen molar-refractivity contribution in [2.45, 2.75) is 19.8 Å². The first-order valence-corrected chi connectivity index (χ1v) is 10.5. The smallest absolute Gasteiger partial charge is 0.270 e. The maximum Gasteiger partial charge on any atom is 0.270 e. The number of anilines is 2. The molecule has 1 N–H and O–H groups in total. The summed E-state index contributed by atoms with van der Waals surface area (Å²) in [5.41, 5.74) is 2.57. The Hall–Kier alpha value is -3.19. The predicted molar refractivity (Wildman–Crippen MR) is 122 cm³/mol. The number of amides is 2. The van der Waals surface area contributed by atoms with Crippen LogP contribution in [-0.4, -0.2) is 36.6 Å². The Kier molecular flexibility index (Phi) is 5.81. The Labute approximate surface area is 181 Å². The number of rotatable bonds is 5. The van der Waals surface area contributed by atoms with Gasteiger partial charge in [-0.2, -0.15) is 0 Å². The molecule has 0 unspecified atom stereocenters. The summed E-state index contributed by atoms with van der Waals surface area (Å²) in [5.74, 6) is -0.234. The van der Waals surface area contributed by atoms with E-state index in [1.54, 1.807) is 30.3 Å². The van der Waals surface area contributed by atoms with Crippen LogP contribution in [0.2, 0.25) is 0 Å². The normalized spacial score (nSPS) is 18.2. The molecular formula is C23H23N3O3S. The summed E-state index contributed by atoms with van der Waals surface area (Å²) < 4.78 is 5.44. The van der Waals surface area contributed by atoms with Crippen molar-refractivity contribution in [3.05, 3.63) is 59.7 Å². The Morgan fingerprint density at radius 3 is 2.27 bits per heavy atom. The van der Waals surface area contributed by atoms with Gasteiger partial charge < -0.3 is 9.64 Å². The zero-order valence-corrected chi connectivity index (χ0v) is 17.6. The highest BCUT2D eigenvalue weighted by molar-refractivity contribution is 7.80. The van der Waals surface area contributed by atoms with Crippen LogP contribution < -0.4 is 19.9 Å². The topological polar surface area (TPSA) is 61.9 Å². The highest BCUT2D eigenvalue weighted by Crippen LogP contribution is 2.25. The molecule has 0 aliphatic carbocycles. The lowest BCUT2D eigenvalue weighted by atomic mass is 10.1. The summed E-state index contributed by atoms with van der Waals surface area (Å²) in [6.45, 7) is 4.59. The Balaban J connectivity index is 1.58. The maximum atomic E-state index is 13.1. The SMILES string of the molecule is CCOc1ccc(N2C(=O)/C(=C/c3ccc(N4CCCC4)cc3)C(=O)NC2=S)cc1. The van der Waals surface area contributed by atoms with E-state index in [-0.39, 0.29) is 10.7 Å². The molecule has 0 bridgehead atoms. The molecule has 2 fully saturated rings. The van der Waals surface area contributed by atoms with Crippen LogP contribution in [0.1, 0.15) is 25.3 Å². The van der Waals surface area contributed by atoms with Gasteiger partial charge in [-0.25, -0.2) is 0 Å². The third kappa shape index (κ3) is 4.07. The molecule has 4 rings (SSSR count). The van der Waals surface area contributed by atoms with Crippen LogP contribution in [0.3, 0.4) is 0 Å². The Bertz CT molecular complexity index is 993. The second-order valence-corrected chi connectivity index (χ2v) is 7.56. The molecule has 30 heavy (non-hydrogen) atoms. The van der Waals surface area contributed by atoms with Crippen molar-refractivity contribution < 1.29 is 14.3 Å². The summed E-state index contributed by atoms with van der Waals surface area (Å²) >= 11 is 5.25. The van der Waals surface area contributed by atoms with E-state index in [0.717, 1.165) is 24.3 Å². The van der Waals surface area contributed by atoms with E-state index in [0.29, 0.717) is 18.0 Å². The van der Waals surface area contributed by atoms with Crippen molar-refractivity contribution in [3.63, 3.8) is 0 Å². The van der Waals surface area contributed by atoms with Crippen molar-refractivity contribution in [2.75, 3.05) is 29.5 Å². The number of ether oxygens (including phenoxy) is 1. The number of carbonyl (C=O) groups excluding carboxylic acids is 2. The molecule has 2 amide bonds. The van der Waals surface area contributed by atoms with Gasteiger partial charge in [-0.05, 0) is 80.0 Å². The zero-order valence-electron chi connectivity index (χ0n) is 16.8. The first kappa shape index (κ1) is 20.1.